The number of halogens is 2. The summed E-state index contributed by atoms with van der Waals surface area (Å²) in [6, 6.07) is 7.43. The quantitative estimate of drug-likeness (QED) is 0.304. The van der Waals surface area contributed by atoms with Crippen LogP contribution < -0.4 is 15.4 Å². The third-order valence-corrected chi connectivity index (χ3v) is 2.86. The van der Waals surface area contributed by atoms with Crippen molar-refractivity contribution in [3.63, 3.8) is 0 Å². The van der Waals surface area contributed by atoms with Crippen molar-refractivity contribution in [3.8, 4) is 5.75 Å². The molecule has 1 aromatic carbocycles. The maximum atomic E-state index is 6.05. The molecule has 0 aliphatic carbocycles. The van der Waals surface area contributed by atoms with Gasteiger partial charge in [0, 0.05) is 20.7 Å². The fourth-order valence-electron chi connectivity index (χ4n) is 1.53. The summed E-state index contributed by atoms with van der Waals surface area (Å²) in [7, 11) is 3.39. The van der Waals surface area contributed by atoms with Crippen molar-refractivity contribution >= 4 is 41.5 Å². The van der Waals surface area contributed by atoms with Gasteiger partial charge in [0.05, 0.1) is 18.2 Å². The van der Waals surface area contributed by atoms with Gasteiger partial charge in [-0.05, 0) is 19.1 Å². The Morgan fingerprint density at radius 2 is 2.05 bits per heavy atom. The number of ether oxygens (including phenoxy) is 2. The van der Waals surface area contributed by atoms with Crippen molar-refractivity contribution in [3.05, 3.63) is 29.3 Å². The minimum Gasteiger partial charge on any atom is -0.487 e. The van der Waals surface area contributed by atoms with Crippen LogP contribution in [-0.4, -0.2) is 45.9 Å². The van der Waals surface area contributed by atoms with Crippen LogP contribution in [-0.2, 0) is 4.74 Å². The lowest BCUT2D eigenvalue weighted by molar-refractivity contribution is 0.203. The van der Waals surface area contributed by atoms with Crippen molar-refractivity contribution in [1.29, 1.82) is 0 Å². The van der Waals surface area contributed by atoms with Gasteiger partial charge in [-0.15, -0.1) is 24.0 Å². The van der Waals surface area contributed by atoms with E-state index in [1.54, 1.807) is 14.2 Å². The highest BCUT2D eigenvalue weighted by Gasteiger charge is 2.07. The van der Waals surface area contributed by atoms with E-state index in [-0.39, 0.29) is 30.1 Å². The van der Waals surface area contributed by atoms with E-state index in [1.165, 1.54) is 0 Å². The van der Waals surface area contributed by atoms with Crippen LogP contribution in [0.1, 0.15) is 6.92 Å². The van der Waals surface area contributed by atoms with Crippen LogP contribution in [0.3, 0.4) is 0 Å². The van der Waals surface area contributed by atoms with Crippen molar-refractivity contribution in [2.45, 2.75) is 13.0 Å². The van der Waals surface area contributed by atoms with Gasteiger partial charge in [0.1, 0.15) is 11.9 Å². The van der Waals surface area contributed by atoms with Crippen LogP contribution in [0.4, 0.5) is 0 Å². The minimum atomic E-state index is -0.0316. The number of methoxy groups -OCH3 is 1. The number of benzene rings is 1. The van der Waals surface area contributed by atoms with Gasteiger partial charge in [-0.3, -0.25) is 4.99 Å². The lowest BCUT2D eigenvalue weighted by Gasteiger charge is -2.18. The van der Waals surface area contributed by atoms with Crippen molar-refractivity contribution in [2.75, 3.05) is 33.9 Å². The van der Waals surface area contributed by atoms with Crippen LogP contribution in [0, 0.1) is 0 Å². The predicted octanol–water partition coefficient (Wildman–Crippen LogP) is 2.54. The topological polar surface area (TPSA) is 54.9 Å². The van der Waals surface area contributed by atoms with Crippen molar-refractivity contribution in [2.24, 2.45) is 4.99 Å². The Morgan fingerprint density at radius 3 is 2.67 bits per heavy atom. The molecular weight excluding hydrogens is 405 g/mol. The second kappa shape index (κ2) is 11.9. The Kier molecular flexibility index (Phi) is 11.5. The molecule has 2 N–H and O–H groups in total. The van der Waals surface area contributed by atoms with Crippen LogP contribution in [0.25, 0.3) is 0 Å². The van der Waals surface area contributed by atoms with E-state index >= 15 is 0 Å². The average Bonchev–Trinajstić information content (AvgIpc) is 2.45. The third kappa shape index (κ3) is 8.33. The normalized spacial score (nSPS) is 12.3. The molecule has 21 heavy (non-hydrogen) atoms. The molecule has 120 valence electrons. The van der Waals surface area contributed by atoms with Crippen LogP contribution in [0.15, 0.2) is 29.3 Å². The first-order valence-electron chi connectivity index (χ1n) is 6.52. The zero-order chi connectivity index (χ0) is 14.8. The number of nitrogens with one attached hydrogen (secondary N) is 2. The summed E-state index contributed by atoms with van der Waals surface area (Å²) in [6.45, 7) is 3.93. The number of para-hydroxylation sites is 1. The molecule has 0 heterocycles. The molecule has 1 rings (SSSR count). The Morgan fingerprint density at radius 1 is 1.33 bits per heavy atom. The van der Waals surface area contributed by atoms with Gasteiger partial charge in [-0.2, -0.15) is 0 Å². The Labute approximate surface area is 148 Å². The molecule has 0 aromatic heterocycles. The first-order valence-corrected chi connectivity index (χ1v) is 6.89. The third-order valence-electron chi connectivity index (χ3n) is 2.54. The fraction of sp³-hybridized carbons (Fsp3) is 0.500. The van der Waals surface area contributed by atoms with Gasteiger partial charge in [0.25, 0.3) is 0 Å². The number of guanidine groups is 1. The zero-order valence-corrected chi connectivity index (χ0v) is 15.6. The summed E-state index contributed by atoms with van der Waals surface area (Å²) < 4.78 is 10.7. The molecule has 1 aromatic rings. The van der Waals surface area contributed by atoms with E-state index in [0.717, 1.165) is 5.96 Å². The molecule has 0 radical (unpaired) electrons. The molecule has 0 bridgehead atoms. The maximum Gasteiger partial charge on any atom is 0.191 e. The maximum absolute atomic E-state index is 6.05. The largest absolute Gasteiger partial charge is 0.487 e. The van der Waals surface area contributed by atoms with E-state index in [4.69, 9.17) is 21.1 Å². The molecule has 0 amide bonds. The SMILES string of the molecule is CN=C(NCCOC)NCC(C)Oc1ccccc1Cl.I. The molecule has 1 atom stereocenters. The second-order valence-electron chi connectivity index (χ2n) is 4.23. The van der Waals surface area contributed by atoms with Crippen LogP contribution in [0.5, 0.6) is 5.75 Å². The molecular formula is C14H23ClIN3O2. The minimum absolute atomic E-state index is 0. The lowest BCUT2D eigenvalue weighted by Crippen LogP contribution is -2.42. The summed E-state index contributed by atoms with van der Waals surface area (Å²) in [4.78, 5) is 4.11. The van der Waals surface area contributed by atoms with E-state index in [1.807, 2.05) is 31.2 Å². The first kappa shape index (κ1) is 20.3. The smallest absolute Gasteiger partial charge is 0.191 e. The summed E-state index contributed by atoms with van der Waals surface area (Å²) in [6.07, 6.45) is -0.0316. The molecule has 0 saturated carbocycles. The van der Waals surface area contributed by atoms with Gasteiger partial charge >= 0.3 is 0 Å². The summed E-state index contributed by atoms with van der Waals surface area (Å²) in [5.41, 5.74) is 0. The molecule has 0 saturated heterocycles. The predicted molar refractivity (Wildman–Crippen MR) is 98.2 cm³/mol. The molecule has 5 nitrogen and oxygen atoms in total. The van der Waals surface area contributed by atoms with Gasteiger partial charge in [-0.1, -0.05) is 23.7 Å². The molecule has 0 aliphatic heterocycles. The highest BCUT2D eigenvalue weighted by molar-refractivity contribution is 14.0. The number of nitrogens with zero attached hydrogens (tertiary/aromatic N) is 1. The number of aliphatic imine (C=N–C) groups is 1. The summed E-state index contributed by atoms with van der Waals surface area (Å²) >= 11 is 6.05. The van der Waals surface area contributed by atoms with Gasteiger partial charge in [0.15, 0.2) is 5.96 Å². The summed E-state index contributed by atoms with van der Waals surface area (Å²) in [5.74, 6) is 1.41. The number of hydrogen-bond acceptors (Lipinski definition) is 3. The van der Waals surface area contributed by atoms with Gasteiger partial charge in [0.2, 0.25) is 0 Å². The molecule has 0 spiro atoms. The summed E-state index contributed by atoms with van der Waals surface area (Å²) in [5, 5.41) is 6.93. The molecule has 7 heteroatoms. The lowest BCUT2D eigenvalue weighted by atomic mass is 10.3. The Bertz CT molecular complexity index is 432. The van der Waals surface area contributed by atoms with E-state index in [2.05, 4.69) is 15.6 Å². The molecule has 0 fully saturated rings. The molecule has 0 aliphatic rings. The zero-order valence-electron chi connectivity index (χ0n) is 12.6. The Balaban J connectivity index is 0.00000400. The van der Waals surface area contributed by atoms with E-state index in [0.29, 0.717) is 30.5 Å². The van der Waals surface area contributed by atoms with Gasteiger partial charge < -0.3 is 20.1 Å². The average molecular weight is 428 g/mol. The van der Waals surface area contributed by atoms with Crippen molar-refractivity contribution in [1.82, 2.24) is 10.6 Å². The van der Waals surface area contributed by atoms with E-state index < -0.39 is 0 Å². The van der Waals surface area contributed by atoms with E-state index in [9.17, 15) is 0 Å². The monoisotopic (exact) mass is 427 g/mol. The molecule has 1 unspecified atom stereocenters. The highest BCUT2D eigenvalue weighted by Crippen LogP contribution is 2.23. The Hall–Kier alpha value is -0.730. The highest BCUT2D eigenvalue weighted by atomic mass is 127. The van der Waals surface area contributed by atoms with Crippen molar-refractivity contribution < 1.29 is 9.47 Å². The second-order valence-corrected chi connectivity index (χ2v) is 4.64. The van der Waals surface area contributed by atoms with Crippen LogP contribution in [0.2, 0.25) is 5.02 Å². The number of hydrogen-bond donors (Lipinski definition) is 2. The fourth-order valence-corrected chi connectivity index (χ4v) is 1.71. The van der Waals surface area contributed by atoms with Crippen LogP contribution >= 0.6 is 35.6 Å². The van der Waals surface area contributed by atoms with Gasteiger partial charge in [-0.25, -0.2) is 0 Å². The number of rotatable bonds is 7. The standard InChI is InChI=1S/C14H22ClN3O2.HI/c1-11(20-13-7-5-4-6-12(13)15)10-18-14(16-2)17-8-9-19-3;/h4-7,11H,8-10H2,1-3H3,(H2,16,17,18);1H. The first-order chi connectivity index (χ1) is 9.67.